The molecule has 1 aliphatic rings. The fourth-order valence-electron chi connectivity index (χ4n) is 3.01. The van der Waals surface area contributed by atoms with Crippen LogP contribution in [0.3, 0.4) is 0 Å². The van der Waals surface area contributed by atoms with Crippen molar-refractivity contribution in [1.82, 2.24) is 4.90 Å². The summed E-state index contributed by atoms with van der Waals surface area (Å²) in [5.74, 6) is -0.288. The summed E-state index contributed by atoms with van der Waals surface area (Å²) >= 11 is 6.19. The zero-order valence-corrected chi connectivity index (χ0v) is 14.9. The van der Waals surface area contributed by atoms with E-state index in [0.29, 0.717) is 10.7 Å². The van der Waals surface area contributed by atoms with Gasteiger partial charge in [0.15, 0.2) is 0 Å². The van der Waals surface area contributed by atoms with Gasteiger partial charge in [0.2, 0.25) is 11.8 Å². The molecule has 1 aliphatic heterocycles. The van der Waals surface area contributed by atoms with E-state index in [4.69, 9.17) is 11.6 Å². The number of benzene rings is 2. The first kappa shape index (κ1) is 17.2. The number of nitrogens with one attached hydrogen (secondary N) is 1. The van der Waals surface area contributed by atoms with Gasteiger partial charge in [-0.15, -0.1) is 0 Å². The fourth-order valence-corrected chi connectivity index (χ4v) is 3.29. The van der Waals surface area contributed by atoms with Crippen molar-refractivity contribution in [1.29, 1.82) is 0 Å². The summed E-state index contributed by atoms with van der Waals surface area (Å²) in [4.78, 5) is 26.1. The molecular weight excluding hydrogens is 336 g/mol. The van der Waals surface area contributed by atoms with Crippen LogP contribution in [0.15, 0.2) is 48.7 Å². The van der Waals surface area contributed by atoms with Gasteiger partial charge in [-0.2, -0.15) is 0 Å². The van der Waals surface area contributed by atoms with Crippen LogP contribution in [-0.2, 0) is 9.59 Å². The highest BCUT2D eigenvalue weighted by atomic mass is 35.5. The molecule has 2 aromatic rings. The zero-order chi connectivity index (χ0) is 18.0. The number of hydrogen-bond acceptors (Lipinski definition) is 2. The van der Waals surface area contributed by atoms with Crippen LogP contribution >= 0.6 is 11.6 Å². The molecule has 4 nitrogen and oxygen atoms in total. The van der Waals surface area contributed by atoms with Gasteiger partial charge in [0.25, 0.3) is 0 Å². The smallest absolute Gasteiger partial charge is 0.226 e. The molecule has 2 amide bonds. The van der Waals surface area contributed by atoms with E-state index < -0.39 is 0 Å². The molecule has 1 heterocycles. The minimum Gasteiger partial charge on any atom is -0.325 e. The van der Waals surface area contributed by atoms with Crippen molar-refractivity contribution >= 4 is 35.2 Å². The minimum atomic E-state index is -0.331. The van der Waals surface area contributed by atoms with Crippen LogP contribution in [0, 0.1) is 6.92 Å². The van der Waals surface area contributed by atoms with Gasteiger partial charge >= 0.3 is 0 Å². The maximum Gasteiger partial charge on any atom is 0.226 e. The van der Waals surface area contributed by atoms with Gasteiger partial charge in [0, 0.05) is 13.1 Å². The van der Waals surface area contributed by atoms with Crippen LogP contribution in [0.5, 0.6) is 0 Å². The van der Waals surface area contributed by atoms with E-state index in [1.54, 1.807) is 23.2 Å². The Kier molecular flexibility index (Phi) is 4.91. The molecule has 0 unspecified atom stereocenters. The molecule has 2 aromatic carbocycles. The molecule has 0 saturated heterocycles. The predicted octanol–water partition coefficient (Wildman–Crippen LogP) is 4.55. The van der Waals surface area contributed by atoms with Crippen molar-refractivity contribution in [2.24, 2.45) is 0 Å². The topological polar surface area (TPSA) is 49.4 Å². The molecule has 1 atom stereocenters. The third kappa shape index (κ3) is 3.74. The standard InChI is InChI=1S/C20H19ClN2O2/c1-13-7-8-18(17(21)11-13)22-20(25)12-19-16-6-4-3-5-15(16)9-10-23(19)14(2)24/h3-11,19H,12H2,1-2H3,(H,22,25)/t19-/m1/s1. The van der Waals surface area contributed by atoms with E-state index in [9.17, 15) is 9.59 Å². The quantitative estimate of drug-likeness (QED) is 0.878. The van der Waals surface area contributed by atoms with Gasteiger partial charge in [-0.25, -0.2) is 0 Å². The van der Waals surface area contributed by atoms with E-state index in [0.717, 1.165) is 16.7 Å². The van der Waals surface area contributed by atoms with Crippen LogP contribution in [0.25, 0.3) is 6.08 Å². The lowest BCUT2D eigenvalue weighted by Gasteiger charge is -2.32. The Bertz CT molecular complexity index is 861. The van der Waals surface area contributed by atoms with Crippen LogP contribution in [-0.4, -0.2) is 16.7 Å². The molecule has 5 heteroatoms. The lowest BCUT2D eigenvalue weighted by atomic mass is 9.93. The number of rotatable bonds is 3. The number of amides is 2. The molecule has 128 valence electrons. The third-order valence-corrected chi connectivity index (χ3v) is 4.56. The summed E-state index contributed by atoms with van der Waals surface area (Å²) in [5.41, 5.74) is 3.58. The molecule has 1 N–H and O–H groups in total. The molecule has 0 aromatic heterocycles. The molecule has 0 saturated carbocycles. The second kappa shape index (κ2) is 7.11. The van der Waals surface area contributed by atoms with Crippen molar-refractivity contribution in [2.75, 3.05) is 5.32 Å². The average molecular weight is 355 g/mol. The maximum absolute atomic E-state index is 12.6. The van der Waals surface area contributed by atoms with Gasteiger partial charge in [-0.1, -0.05) is 41.9 Å². The lowest BCUT2D eigenvalue weighted by molar-refractivity contribution is -0.129. The molecule has 0 aliphatic carbocycles. The zero-order valence-electron chi connectivity index (χ0n) is 14.1. The minimum absolute atomic E-state index is 0.100. The van der Waals surface area contributed by atoms with Crippen LogP contribution < -0.4 is 5.32 Å². The number of hydrogen-bond donors (Lipinski definition) is 1. The first-order valence-electron chi connectivity index (χ1n) is 8.08. The molecule has 0 spiro atoms. The van der Waals surface area contributed by atoms with Crippen LogP contribution in [0.2, 0.25) is 5.02 Å². The van der Waals surface area contributed by atoms with E-state index >= 15 is 0 Å². The second-order valence-corrected chi connectivity index (χ2v) is 6.53. The first-order chi connectivity index (χ1) is 12.0. The van der Waals surface area contributed by atoms with Gasteiger partial charge in [0.1, 0.15) is 0 Å². The maximum atomic E-state index is 12.6. The second-order valence-electron chi connectivity index (χ2n) is 6.12. The van der Waals surface area contributed by atoms with Crippen LogP contribution in [0.1, 0.15) is 36.1 Å². The number of fused-ring (bicyclic) bond motifs is 1. The van der Waals surface area contributed by atoms with E-state index in [1.807, 2.05) is 43.3 Å². The number of carbonyl (C=O) groups excluding carboxylic acids is 2. The van der Waals surface area contributed by atoms with Crippen molar-refractivity contribution in [2.45, 2.75) is 26.3 Å². The normalized spacial score (nSPS) is 15.6. The van der Waals surface area contributed by atoms with Crippen molar-refractivity contribution < 1.29 is 9.59 Å². The summed E-state index contributed by atoms with van der Waals surface area (Å²) in [5, 5.41) is 3.34. The number of carbonyl (C=O) groups is 2. The highest BCUT2D eigenvalue weighted by Crippen LogP contribution is 2.33. The Labute approximate surface area is 152 Å². The first-order valence-corrected chi connectivity index (χ1v) is 8.45. The summed E-state index contributed by atoms with van der Waals surface area (Å²) in [6.07, 6.45) is 3.79. The molecule has 25 heavy (non-hydrogen) atoms. The Hall–Kier alpha value is -2.59. The summed E-state index contributed by atoms with van der Waals surface area (Å²) in [7, 11) is 0. The number of halogens is 1. The predicted molar refractivity (Wildman–Crippen MR) is 100 cm³/mol. The Morgan fingerprint density at radius 1 is 1.20 bits per heavy atom. The molecule has 3 rings (SSSR count). The number of aryl methyl sites for hydroxylation is 1. The highest BCUT2D eigenvalue weighted by Gasteiger charge is 2.28. The summed E-state index contributed by atoms with van der Waals surface area (Å²) < 4.78 is 0. The number of nitrogens with zero attached hydrogens (tertiary/aromatic N) is 1. The van der Waals surface area contributed by atoms with Crippen molar-refractivity contribution in [3.8, 4) is 0 Å². The SMILES string of the molecule is CC(=O)N1C=Cc2ccccc2[C@H]1CC(=O)Nc1ccc(C)cc1Cl. The fraction of sp³-hybridized carbons (Fsp3) is 0.200. The van der Waals surface area contributed by atoms with E-state index in [1.165, 1.54) is 6.92 Å². The molecule has 0 bridgehead atoms. The van der Waals surface area contributed by atoms with Crippen molar-refractivity contribution in [3.05, 3.63) is 70.4 Å². The third-order valence-electron chi connectivity index (χ3n) is 4.25. The highest BCUT2D eigenvalue weighted by molar-refractivity contribution is 6.33. The largest absolute Gasteiger partial charge is 0.325 e. The van der Waals surface area contributed by atoms with Crippen molar-refractivity contribution in [3.63, 3.8) is 0 Å². The molecular formula is C20H19ClN2O2. The Morgan fingerprint density at radius 2 is 1.96 bits per heavy atom. The van der Waals surface area contributed by atoms with Crippen LogP contribution in [0.4, 0.5) is 5.69 Å². The Balaban J connectivity index is 1.82. The summed E-state index contributed by atoms with van der Waals surface area (Å²) in [6, 6.07) is 12.9. The number of anilines is 1. The Morgan fingerprint density at radius 3 is 2.68 bits per heavy atom. The van der Waals surface area contributed by atoms with E-state index in [-0.39, 0.29) is 24.3 Å². The monoisotopic (exact) mass is 354 g/mol. The van der Waals surface area contributed by atoms with Gasteiger partial charge < -0.3 is 10.2 Å². The molecule has 0 fully saturated rings. The van der Waals surface area contributed by atoms with Gasteiger partial charge in [-0.3, -0.25) is 9.59 Å². The average Bonchev–Trinajstić information content (AvgIpc) is 2.57. The molecule has 0 radical (unpaired) electrons. The lowest BCUT2D eigenvalue weighted by Crippen LogP contribution is -2.33. The van der Waals surface area contributed by atoms with Gasteiger partial charge in [-0.05, 0) is 41.8 Å². The van der Waals surface area contributed by atoms with E-state index in [2.05, 4.69) is 5.32 Å². The summed E-state index contributed by atoms with van der Waals surface area (Å²) in [6.45, 7) is 3.44. The van der Waals surface area contributed by atoms with Gasteiger partial charge in [0.05, 0.1) is 23.2 Å².